The highest BCUT2D eigenvalue weighted by Crippen LogP contribution is 2.37. The molecule has 1 aromatic heterocycles. The van der Waals surface area contributed by atoms with E-state index in [9.17, 15) is 23.1 Å². The number of benzene rings is 2. The number of carbonyl (C=O) groups is 2. The number of amides is 1. The average Bonchev–Trinajstić information content (AvgIpc) is 3.23. The number of aryl methyl sites for hydroxylation is 1. The van der Waals surface area contributed by atoms with Crippen molar-refractivity contribution in [2.24, 2.45) is 0 Å². The van der Waals surface area contributed by atoms with E-state index in [0.29, 0.717) is 33.8 Å². The molecule has 7 nitrogen and oxygen atoms in total. The first-order chi connectivity index (χ1) is 15.2. The molecule has 1 aliphatic rings. The minimum absolute atomic E-state index is 0.00680. The van der Waals surface area contributed by atoms with Gasteiger partial charge in [-0.2, -0.15) is 0 Å². The fourth-order valence-corrected chi connectivity index (χ4v) is 5.92. The van der Waals surface area contributed by atoms with E-state index in [-0.39, 0.29) is 28.5 Å². The Kier molecular flexibility index (Phi) is 5.79. The number of carbonyl (C=O) groups excluding carboxylic acids is 1. The van der Waals surface area contributed by atoms with Crippen molar-refractivity contribution in [3.63, 3.8) is 0 Å². The Hall–Kier alpha value is -3.17. The lowest BCUT2D eigenvalue weighted by atomic mass is 10.0. The van der Waals surface area contributed by atoms with Crippen LogP contribution in [0.25, 0.3) is 11.6 Å². The molecule has 0 bridgehead atoms. The van der Waals surface area contributed by atoms with Crippen molar-refractivity contribution in [2.45, 2.75) is 29.6 Å². The van der Waals surface area contributed by atoms with Gasteiger partial charge in [0.1, 0.15) is 0 Å². The van der Waals surface area contributed by atoms with Crippen molar-refractivity contribution >= 4 is 55.0 Å². The Balaban J connectivity index is 1.90. The van der Waals surface area contributed by atoms with Gasteiger partial charge in [0.15, 0.2) is 0 Å². The molecule has 4 rings (SSSR count). The minimum Gasteiger partial charge on any atom is -0.481 e. The molecule has 0 radical (unpaired) electrons. The van der Waals surface area contributed by atoms with Crippen LogP contribution >= 0.6 is 15.9 Å². The number of sulfone groups is 1. The first-order valence-electron chi connectivity index (χ1n) is 9.75. The summed E-state index contributed by atoms with van der Waals surface area (Å²) in [5, 5.41) is 12.0. The van der Waals surface area contributed by atoms with Gasteiger partial charge in [-0.3, -0.25) is 9.59 Å². The molecule has 164 valence electrons. The van der Waals surface area contributed by atoms with E-state index < -0.39 is 15.8 Å². The Labute approximate surface area is 193 Å². The molecule has 3 N–H and O–H groups in total. The van der Waals surface area contributed by atoms with E-state index in [4.69, 9.17) is 0 Å². The van der Waals surface area contributed by atoms with Crippen LogP contribution in [0.15, 0.2) is 62.8 Å². The number of fused-ring (bicyclic) bond motifs is 1. The summed E-state index contributed by atoms with van der Waals surface area (Å²) in [5.74, 6) is -1.36. The molecule has 2 aromatic carbocycles. The van der Waals surface area contributed by atoms with Crippen molar-refractivity contribution in [3.05, 3.63) is 75.5 Å². The second-order valence-corrected chi connectivity index (χ2v) is 10.2. The third kappa shape index (κ3) is 4.01. The van der Waals surface area contributed by atoms with Crippen molar-refractivity contribution in [3.8, 4) is 0 Å². The highest BCUT2D eigenvalue weighted by Gasteiger charge is 2.30. The van der Waals surface area contributed by atoms with Gasteiger partial charge >= 0.3 is 5.97 Å². The number of anilines is 1. The Morgan fingerprint density at radius 2 is 1.88 bits per heavy atom. The molecule has 1 amide bonds. The molecule has 3 aromatic rings. The molecule has 2 heterocycles. The van der Waals surface area contributed by atoms with Crippen LogP contribution in [-0.2, 0) is 25.8 Å². The zero-order chi connectivity index (χ0) is 23.0. The van der Waals surface area contributed by atoms with Crippen molar-refractivity contribution in [2.75, 3.05) is 5.32 Å². The Bertz CT molecular complexity index is 1370. The molecule has 0 fully saturated rings. The Morgan fingerprint density at radius 1 is 1.16 bits per heavy atom. The first-order valence-corrected chi connectivity index (χ1v) is 12.0. The highest BCUT2D eigenvalue weighted by atomic mass is 79.9. The summed E-state index contributed by atoms with van der Waals surface area (Å²) >= 11 is 3.40. The molecule has 0 saturated carbocycles. The van der Waals surface area contributed by atoms with Crippen molar-refractivity contribution in [1.82, 2.24) is 4.98 Å². The third-order valence-corrected chi connectivity index (χ3v) is 7.70. The van der Waals surface area contributed by atoms with E-state index in [1.807, 2.05) is 6.07 Å². The molecule has 0 atom stereocenters. The number of carboxylic acid groups (broad SMARTS) is 1. The number of aromatic amines is 1. The van der Waals surface area contributed by atoms with Crippen molar-refractivity contribution in [1.29, 1.82) is 0 Å². The number of nitrogens with one attached hydrogen (secondary N) is 2. The second-order valence-electron chi connectivity index (χ2n) is 7.38. The summed E-state index contributed by atoms with van der Waals surface area (Å²) in [5.41, 5.74) is 2.82. The van der Waals surface area contributed by atoms with Gasteiger partial charge in [-0.15, -0.1) is 0 Å². The van der Waals surface area contributed by atoms with Crippen LogP contribution in [0.4, 0.5) is 5.69 Å². The summed E-state index contributed by atoms with van der Waals surface area (Å²) in [4.78, 5) is 27.1. The number of hydrogen-bond donors (Lipinski definition) is 3. The van der Waals surface area contributed by atoms with Gasteiger partial charge in [0.05, 0.1) is 15.4 Å². The average molecular weight is 515 g/mol. The minimum atomic E-state index is -3.90. The maximum absolute atomic E-state index is 13.4. The normalized spacial score (nSPS) is 14.4. The summed E-state index contributed by atoms with van der Waals surface area (Å²) < 4.78 is 27.6. The van der Waals surface area contributed by atoms with E-state index >= 15 is 0 Å². The van der Waals surface area contributed by atoms with Gasteiger partial charge < -0.3 is 15.4 Å². The van der Waals surface area contributed by atoms with E-state index in [0.717, 1.165) is 4.47 Å². The van der Waals surface area contributed by atoms with Gasteiger partial charge in [-0.05, 0) is 55.3 Å². The van der Waals surface area contributed by atoms with Gasteiger partial charge in [0.25, 0.3) is 5.91 Å². The maximum atomic E-state index is 13.4. The molecule has 1 aliphatic heterocycles. The smallest absolute Gasteiger partial charge is 0.303 e. The zero-order valence-corrected chi connectivity index (χ0v) is 19.4. The molecule has 9 heteroatoms. The molecule has 0 aliphatic carbocycles. The molecule has 0 unspecified atom stereocenters. The number of carboxylic acids is 1. The topological polar surface area (TPSA) is 116 Å². The molecule has 0 spiro atoms. The second kappa shape index (κ2) is 8.40. The number of hydrogen-bond acceptors (Lipinski definition) is 4. The monoisotopic (exact) mass is 514 g/mol. The highest BCUT2D eigenvalue weighted by molar-refractivity contribution is 9.10. The van der Waals surface area contributed by atoms with Crippen LogP contribution in [0.2, 0.25) is 0 Å². The largest absolute Gasteiger partial charge is 0.481 e. The number of H-pyrrole nitrogens is 1. The van der Waals surface area contributed by atoms with Crippen LogP contribution in [0.3, 0.4) is 0 Å². The standard InChI is InChI=1S/C23H19BrN2O5S/c1-13-22(32(30,31)15-5-3-2-4-6-15)16(8-10-21(27)28)20(25-13)12-18-17-11-14(24)7-9-19(17)26-23(18)29/h2-7,9,11-12,25H,8,10H2,1H3,(H,26,29)(H,27,28). The zero-order valence-electron chi connectivity index (χ0n) is 17.0. The molecular formula is C23H19BrN2O5S. The lowest BCUT2D eigenvalue weighted by molar-refractivity contribution is -0.137. The summed E-state index contributed by atoms with van der Waals surface area (Å²) in [7, 11) is -3.90. The number of rotatable bonds is 6. The Morgan fingerprint density at radius 3 is 2.56 bits per heavy atom. The van der Waals surface area contributed by atoms with Crippen LogP contribution in [0.5, 0.6) is 0 Å². The van der Waals surface area contributed by atoms with Crippen LogP contribution in [-0.4, -0.2) is 30.4 Å². The quantitative estimate of drug-likeness (QED) is 0.420. The van der Waals surface area contributed by atoms with E-state index in [1.54, 1.807) is 43.3 Å². The third-order valence-electron chi connectivity index (χ3n) is 5.23. The van der Waals surface area contributed by atoms with Crippen molar-refractivity contribution < 1.29 is 23.1 Å². The SMILES string of the molecule is Cc1[nH]c(C=C2C(=O)Nc3ccc(Br)cc32)c(CCC(=O)O)c1S(=O)(=O)c1ccccc1. The predicted molar refractivity (Wildman–Crippen MR) is 124 cm³/mol. The lowest BCUT2D eigenvalue weighted by Crippen LogP contribution is -2.08. The molecule has 32 heavy (non-hydrogen) atoms. The maximum Gasteiger partial charge on any atom is 0.303 e. The predicted octanol–water partition coefficient (Wildman–Crippen LogP) is 4.43. The van der Waals surface area contributed by atoms with Gasteiger partial charge in [-0.25, -0.2) is 8.42 Å². The van der Waals surface area contributed by atoms with Crippen LogP contribution in [0.1, 0.15) is 28.9 Å². The van der Waals surface area contributed by atoms with E-state index in [2.05, 4.69) is 26.2 Å². The lowest BCUT2D eigenvalue weighted by Gasteiger charge is -2.08. The summed E-state index contributed by atoms with van der Waals surface area (Å²) in [6.07, 6.45) is 1.33. The van der Waals surface area contributed by atoms with Gasteiger partial charge in [0, 0.05) is 33.5 Å². The number of aliphatic carboxylic acids is 1. The molecule has 0 saturated heterocycles. The first kappa shape index (κ1) is 22.0. The molecular weight excluding hydrogens is 496 g/mol. The fourth-order valence-electron chi connectivity index (χ4n) is 3.82. The summed E-state index contributed by atoms with van der Waals surface area (Å²) in [6, 6.07) is 13.4. The van der Waals surface area contributed by atoms with Crippen LogP contribution in [0, 0.1) is 6.92 Å². The van der Waals surface area contributed by atoms with Gasteiger partial charge in [0.2, 0.25) is 9.84 Å². The van der Waals surface area contributed by atoms with Gasteiger partial charge in [-0.1, -0.05) is 34.1 Å². The van der Waals surface area contributed by atoms with E-state index in [1.165, 1.54) is 12.1 Å². The summed E-state index contributed by atoms with van der Waals surface area (Å²) in [6.45, 7) is 1.63. The van der Waals surface area contributed by atoms with Crippen LogP contribution < -0.4 is 5.32 Å². The fraction of sp³-hybridized carbons (Fsp3) is 0.130. The number of halogens is 1. The number of aromatic nitrogens is 1.